The van der Waals surface area contributed by atoms with E-state index in [0.29, 0.717) is 6.04 Å². The van der Waals surface area contributed by atoms with Gasteiger partial charge in [0.25, 0.3) is 5.91 Å². The number of hydrogen-bond acceptors (Lipinski definition) is 2. The smallest absolute Gasteiger partial charge is 0.253 e. The molecule has 25 heavy (non-hydrogen) atoms. The Balaban J connectivity index is 1.38. The molecule has 0 radical (unpaired) electrons. The van der Waals surface area contributed by atoms with Gasteiger partial charge in [0.05, 0.1) is 0 Å². The van der Waals surface area contributed by atoms with Crippen LogP contribution in [0.5, 0.6) is 0 Å². The molecule has 2 heterocycles. The summed E-state index contributed by atoms with van der Waals surface area (Å²) in [6.45, 7) is 3.70. The number of aromatic amines is 1. The number of carbonyl (C=O) groups excluding carboxylic acids is 1. The maximum Gasteiger partial charge on any atom is 0.253 e. The van der Waals surface area contributed by atoms with Crippen molar-refractivity contribution in [1.82, 2.24) is 9.88 Å². The predicted molar refractivity (Wildman–Crippen MR) is 102 cm³/mol. The van der Waals surface area contributed by atoms with Gasteiger partial charge in [0, 0.05) is 47.5 Å². The monoisotopic (exact) mass is 333 g/mol. The Hall–Kier alpha value is -2.75. The summed E-state index contributed by atoms with van der Waals surface area (Å²) in [6, 6.07) is 16.8. The molecule has 1 fully saturated rings. The lowest BCUT2D eigenvalue weighted by Crippen LogP contribution is -2.42. The van der Waals surface area contributed by atoms with Gasteiger partial charge in [-0.3, -0.25) is 4.79 Å². The molecule has 0 unspecified atom stereocenters. The molecule has 1 saturated heterocycles. The second-order valence-electron chi connectivity index (χ2n) is 6.86. The highest BCUT2D eigenvalue weighted by Gasteiger charge is 2.23. The van der Waals surface area contributed by atoms with Gasteiger partial charge in [-0.25, -0.2) is 0 Å². The van der Waals surface area contributed by atoms with Crippen LogP contribution in [0.2, 0.25) is 0 Å². The van der Waals surface area contributed by atoms with Crippen LogP contribution < -0.4 is 5.32 Å². The van der Waals surface area contributed by atoms with Crippen molar-refractivity contribution in [2.24, 2.45) is 0 Å². The molecule has 0 bridgehead atoms. The number of nitrogens with zero attached hydrogens (tertiary/aromatic N) is 1. The molecule has 4 rings (SSSR count). The number of aromatic nitrogens is 1. The lowest BCUT2D eigenvalue weighted by atomic mass is 10.0. The third-order valence-corrected chi connectivity index (χ3v) is 4.97. The van der Waals surface area contributed by atoms with E-state index in [1.54, 1.807) is 0 Å². The van der Waals surface area contributed by atoms with Crippen LogP contribution in [0, 0.1) is 6.92 Å². The Morgan fingerprint density at radius 1 is 1.12 bits per heavy atom. The summed E-state index contributed by atoms with van der Waals surface area (Å²) >= 11 is 0. The summed E-state index contributed by atoms with van der Waals surface area (Å²) in [4.78, 5) is 17.9. The van der Waals surface area contributed by atoms with Crippen molar-refractivity contribution >= 4 is 22.5 Å². The van der Waals surface area contributed by atoms with Gasteiger partial charge in [-0.2, -0.15) is 0 Å². The minimum absolute atomic E-state index is 0.136. The maximum absolute atomic E-state index is 12.8. The summed E-state index contributed by atoms with van der Waals surface area (Å²) in [6.07, 6.45) is 3.86. The SMILES string of the molecule is Cc1cccc(NC2CCN(C(=O)c3ccc4[nH]ccc4c3)CC2)c1. The third kappa shape index (κ3) is 3.38. The first-order valence-electron chi connectivity index (χ1n) is 8.89. The molecular formula is C21H23N3O. The lowest BCUT2D eigenvalue weighted by molar-refractivity contribution is 0.0718. The van der Waals surface area contributed by atoms with E-state index in [1.165, 1.54) is 11.3 Å². The van der Waals surface area contributed by atoms with E-state index in [9.17, 15) is 4.79 Å². The number of fused-ring (bicyclic) bond motifs is 1. The van der Waals surface area contributed by atoms with E-state index in [-0.39, 0.29) is 5.91 Å². The first kappa shape index (κ1) is 15.8. The van der Waals surface area contributed by atoms with Gasteiger partial charge in [0.15, 0.2) is 0 Å². The average molecular weight is 333 g/mol. The normalized spacial score (nSPS) is 15.5. The number of rotatable bonds is 3. The zero-order valence-corrected chi connectivity index (χ0v) is 14.5. The summed E-state index contributed by atoms with van der Waals surface area (Å²) in [5.74, 6) is 0.136. The van der Waals surface area contributed by atoms with Crippen LogP contribution in [-0.4, -0.2) is 34.9 Å². The second kappa shape index (κ2) is 6.63. The molecule has 1 aromatic heterocycles. The number of aryl methyl sites for hydroxylation is 1. The van der Waals surface area contributed by atoms with Crippen molar-refractivity contribution in [2.75, 3.05) is 18.4 Å². The Morgan fingerprint density at radius 3 is 2.76 bits per heavy atom. The molecule has 1 amide bonds. The fourth-order valence-corrected chi connectivity index (χ4v) is 3.57. The van der Waals surface area contributed by atoms with Crippen LogP contribution >= 0.6 is 0 Å². The first-order chi connectivity index (χ1) is 12.2. The van der Waals surface area contributed by atoms with E-state index in [1.807, 2.05) is 35.4 Å². The van der Waals surface area contributed by atoms with Crippen molar-refractivity contribution in [3.05, 3.63) is 65.9 Å². The molecule has 0 atom stereocenters. The number of amides is 1. The number of carbonyl (C=O) groups is 1. The molecule has 3 aromatic rings. The maximum atomic E-state index is 12.8. The van der Waals surface area contributed by atoms with Crippen molar-refractivity contribution in [1.29, 1.82) is 0 Å². The molecule has 1 aliphatic heterocycles. The van der Waals surface area contributed by atoms with Gasteiger partial charge < -0.3 is 15.2 Å². The molecule has 0 aliphatic carbocycles. The molecule has 0 saturated carbocycles. The fourth-order valence-electron chi connectivity index (χ4n) is 3.57. The van der Waals surface area contributed by atoms with Crippen LogP contribution in [0.15, 0.2) is 54.7 Å². The van der Waals surface area contributed by atoms with Crippen LogP contribution in [0.25, 0.3) is 10.9 Å². The standard InChI is InChI=1S/C21H23N3O/c1-15-3-2-4-19(13-15)23-18-8-11-24(12-9-18)21(25)17-5-6-20-16(14-17)7-10-22-20/h2-7,10,13-14,18,22-23H,8-9,11-12H2,1H3. The van der Waals surface area contributed by atoms with Gasteiger partial charge >= 0.3 is 0 Å². The third-order valence-electron chi connectivity index (χ3n) is 4.97. The molecule has 1 aliphatic rings. The van der Waals surface area contributed by atoms with Crippen LogP contribution in [0.3, 0.4) is 0 Å². The lowest BCUT2D eigenvalue weighted by Gasteiger charge is -2.33. The highest BCUT2D eigenvalue weighted by Crippen LogP contribution is 2.20. The zero-order chi connectivity index (χ0) is 17.2. The molecule has 0 spiro atoms. The second-order valence-corrected chi connectivity index (χ2v) is 6.86. The quantitative estimate of drug-likeness (QED) is 0.755. The molecular weight excluding hydrogens is 310 g/mol. The van der Waals surface area contributed by atoms with Crippen LogP contribution in [0.1, 0.15) is 28.8 Å². The van der Waals surface area contributed by atoms with Gasteiger partial charge in [0.2, 0.25) is 0 Å². The van der Waals surface area contributed by atoms with Gasteiger partial charge in [-0.05, 0) is 61.7 Å². The highest BCUT2D eigenvalue weighted by molar-refractivity contribution is 5.98. The number of nitrogens with one attached hydrogen (secondary N) is 2. The Labute approximate surface area is 147 Å². The van der Waals surface area contributed by atoms with E-state index >= 15 is 0 Å². The Kier molecular flexibility index (Phi) is 4.18. The van der Waals surface area contributed by atoms with E-state index in [0.717, 1.165) is 42.4 Å². The van der Waals surface area contributed by atoms with E-state index in [4.69, 9.17) is 0 Å². The molecule has 2 N–H and O–H groups in total. The molecule has 4 heteroatoms. The Morgan fingerprint density at radius 2 is 1.96 bits per heavy atom. The minimum Gasteiger partial charge on any atom is -0.382 e. The number of anilines is 1. The number of benzene rings is 2. The van der Waals surface area contributed by atoms with Gasteiger partial charge in [-0.15, -0.1) is 0 Å². The summed E-state index contributed by atoms with van der Waals surface area (Å²) in [7, 11) is 0. The first-order valence-corrected chi connectivity index (χ1v) is 8.89. The topological polar surface area (TPSA) is 48.1 Å². The summed E-state index contributed by atoms with van der Waals surface area (Å²) < 4.78 is 0. The van der Waals surface area contributed by atoms with Gasteiger partial charge in [0.1, 0.15) is 0 Å². The zero-order valence-electron chi connectivity index (χ0n) is 14.5. The number of H-pyrrole nitrogens is 1. The van der Waals surface area contributed by atoms with Crippen molar-refractivity contribution < 1.29 is 4.79 Å². The Bertz CT molecular complexity index is 891. The number of likely N-dealkylation sites (tertiary alicyclic amines) is 1. The molecule has 4 nitrogen and oxygen atoms in total. The van der Waals surface area contributed by atoms with E-state index < -0.39 is 0 Å². The fraction of sp³-hybridized carbons (Fsp3) is 0.286. The predicted octanol–water partition coefficient (Wildman–Crippen LogP) is 4.19. The van der Waals surface area contributed by atoms with Crippen LogP contribution in [-0.2, 0) is 0 Å². The average Bonchev–Trinajstić information content (AvgIpc) is 3.09. The van der Waals surface area contributed by atoms with Crippen molar-refractivity contribution in [3.63, 3.8) is 0 Å². The van der Waals surface area contributed by atoms with E-state index in [2.05, 4.69) is 41.5 Å². The molecule has 2 aromatic carbocycles. The highest BCUT2D eigenvalue weighted by atomic mass is 16.2. The summed E-state index contributed by atoms with van der Waals surface area (Å²) in [5.41, 5.74) is 4.27. The van der Waals surface area contributed by atoms with Gasteiger partial charge in [-0.1, -0.05) is 12.1 Å². The molecule has 128 valence electrons. The summed E-state index contributed by atoms with van der Waals surface area (Å²) in [5, 5.41) is 4.68. The van der Waals surface area contributed by atoms with Crippen molar-refractivity contribution in [2.45, 2.75) is 25.8 Å². The minimum atomic E-state index is 0.136. The number of hydrogen-bond donors (Lipinski definition) is 2. The largest absolute Gasteiger partial charge is 0.382 e. The van der Waals surface area contributed by atoms with Crippen LogP contribution in [0.4, 0.5) is 5.69 Å². The van der Waals surface area contributed by atoms with Crippen molar-refractivity contribution in [3.8, 4) is 0 Å². The number of piperidine rings is 1.